The molecule has 0 aliphatic rings. The van der Waals surface area contributed by atoms with Gasteiger partial charge in [0.2, 0.25) is 10.0 Å². The lowest BCUT2D eigenvalue weighted by atomic mass is 10.2. The summed E-state index contributed by atoms with van der Waals surface area (Å²) in [6, 6.07) is 3.64. The van der Waals surface area contributed by atoms with E-state index in [9.17, 15) is 13.2 Å². The zero-order valence-electron chi connectivity index (χ0n) is 12.0. The quantitative estimate of drug-likeness (QED) is 0.680. The number of nitrogens with two attached hydrogens (primary N) is 1. The summed E-state index contributed by atoms with van der Waals surface area (Å²) in [7, 11) is -4.03. The lowest BCUT2D eigenvalue weighted by Gasteiger charge is -2.11. The van der Waals surface area contributed by atoms with Crippen molar-refractivity contribution in [2.75, 3.05) is 6.61 Å². The summed E-state index contributed by atoms with van der Waals surface area (Å²) in [5.74, 6) is -1.12. The van der Waals surface area contributed by atoms with Gasteiger partial charge in [0.15, 0.2) is 0 Å². The number of aromatic carboxylic acids is 1. The third-order valence-corrected chi connectivity index (χ3v) is 3.93. The van der Waals surface area contributed by atoms with Crippen molar-refractivity contribution in [2.45, 2.75) is 43.9 Å². The highest BCUT2D eigenvalue weighted by molar-refractivity contribution is 7.89. The first-order valence-corrected chi connectivity index (χ1v) is 8.44. The Morgan fingerprint density at radius 3 is 2.48 bits per heavy atom. The van der Waals surface area contributed by atoms with Crippen molar-refractivity contribution in [3.05, 3.63) is 23.8 Å². The van der Waals surface area contributed by atoms with Gasteiger partial charge in [-0.1, -0.05) is 32.6 Å². The molecule has 0 amide bonds. The molecule has 0 unspecified atom stereocenters. The minimum atomic E-state index is -4.03. The number of rotatable bonds is 9. The Morgan fingerprint density at radius 1 is 1.24 bits per heavy atom. The highest BCUT2D eigenvalue weighted by Gasteiger charge is 2.18. The third-order valence-electron chi connectivity index (χ3n) is 3.00. The Kier molecular flexibility index (Phi) is 6.64. The van der Waals surface area contributed by atoms with E-state index in [4.69, 9.17) is 15.0 Å². The van der Waals surface area contributed by atoms with E-state index in [1.54, 1.807) is 0 Å². The number of sulfonamides is 1. The first-order chi connectivity index (χ1) is 9.86. The van der Waals surface area contributed by atoms with Crippen LogP contribution in [-0.4, -0.2) is 26.1 Å². The van der Waals surface area contributed by atoms with E-state index in [0.29, 0.717) is 6.61 Å². The standard InChI is InChI=1S/C14H21NO5S/c1-2-3-4-5-6-9-20-12-8-7-11(14(16)17)10-13(12)21(15,18)19/h7-8,10H,2-6,9H2,1H3,(H,16,17)(H2,15,18,19). The molecule has 0 spiro atoms. The van der Waals surface area contributed by atoms with E-state index in [-0.39, 0.29) is 16.2 Å². The smallest absolute Gasteiger partial charge is 0.335 e. The van der Waals surface area contributed by atoms with E-state index in [1.807, 2.05) is 0 Å². The molecule has 0 aliphatic carbocycles. The van der Waals surface area contributed by atoms with Gasteiger partial charge in [0, 0.05) is 0 Å². The van der Waals surface area contributed by atoms with Gasteiger partial charge in [-0.2, -0.15) is 0 Å². The number of carboxylic acid groups (broad SMARTS) is 1. The van der Waals surface area contributed by atoms with Crippen molar-refractivity contribution in [2.24, 2.45) is 5.14 Å². The van der Waals surface area contributed by atoms with Gasteiger partial charge in [-0.3, -0.25) is 0 Å². The summed E-state index contributed by atoms with van der Waals surface area (Å²) >= 11 is 0. The van der Waals surface area contributed by atoms with Crippen molar-refractivity contribution in [3.63, 3.8) is 0 Å². The van der Waals surface area contributed by atoms with Crippen LogP contribution in [0.2, 0.25) is 0 Å². The molecule has 0 atom stereocenters. The van der Waals surface area contributed by atoms with Gasteiger partial charge in [0.1, 0.15) is 10.6 Å². The number of carboxylic acids is 1. The molecule has 6 nitrogen and oxygen atoms in total. The first-order valence-electron chi connectivity index (χ1n) is 6.89. The second-order valence-corrected chi connectivity index (χ2v) is 6.30. The fourth-order valence-electron chi connectivity index (χ4n) is 1.87. The van der Waals surface area contributed by atoms with Gasteiger partial charge in [-0.15, -0.1) is 0 Å². The van der Waals surface area contributed by atoms with Crippen molar-refractivity contribution in [1.82, 2.24) is 0 Å². The normalized spacial score (nSPS) is 11.3. The van der Waals surface area contributed by atoms with Crippen molar-refractivity contribution in [3.8, 4) is 5.75 Å². The van der Waals surface area contributed by atoms with Gasteiger partial charge < -0.3 is 9.84 Å². The van der Waals surface area contributed by atoms with Crippen molar-refractivity contribution < 1.29 is 23.1 Å². The predicted molar refractivity (Wildman–Crippen MR) is 79.0 cm³/mol. The molecule has 3 N–H and O–H groups in total. The average Bonchev–Trinajstić information content (AvgIpc) is 2.41. The van der Waals surface area contributed by atoms with Crippen LogP contribution in [-0.2, 0) is 10.0 Å². The Morgan fingerprint density at radius 2 is 1.90 bits per heavy atom. The molecule has 0 aliphatic heterocycles. The van der Waals surface area contributed by atoms with Crippen LogP contribution in [0.4, 0.5) is 0 Å². The van der Waals surface area contributed by atoms with Crippen molar-refractivity contribution in [1.29, 1.82) is 0 Å². The van der Waals surface area contributed by atoms with Crippen molar-refractivity contribution >= 4 is 16.0 Å². The molecule has 0 aromatic heterocycles. The summed E-state index contributed by atoms with van der Waals surface area (Å²) in [5.41, 5.74) is -0.144. The highest BCUT2D eigenvalue weighted by atomic mass is 32.2. The van der Waals surface area contributed by atoms with Gasteiger partial charge in [0.05, 0.1) is 12.2 Å². The van der Waals surface area contributed by atoms with Crippen LogP contribution in [0, 0.1) is 0 Å². The van der Waals surface area contributed by atoms with Gasteiger partial charge >= 0.3 is 5.97 Å². The fourth-order valence-corrected chi connectivity index (χ4v) is 2.57. The molecular weight excluding hydrogens is 294 g/mol. The zero-order valence-corrected chi connectivity index (χ0v) is 12.9. The minimum absolute atomic E-state index is 0.0954. The van der Waals surface area contributed by atoms with Crippen LogP contribution in [0.15, 0.2) is 23.1 Å². The second-order valence-electron chi connectivity index (χ2n) is 4.77. The molecule has 0 fully saturated rings. The number of primary sulfonamides is 1. The molecule has 1 rings (SSSR count). The molecule has 1 aromatic carbocycles. The average molecular weight is 315 g/mol. The summed E-state index contributed by atoms with van der Waals surface area (Å²) in [6.45, 7) is 2.50. The Labute approximate surface area is 125 Å². The van der Waals surface area contributed by atoms with E-state index in [0.717, 1.165) is 38.2 Å². The fraction of sp³-hybridized carbons (Fsp3) is 0.500. The maximum Gasteiger partial charge on any atom is 0.335 e. The van der Waals surface area contributed by atoms with Crippen LogP contribution in [0.1, 0.15) is 49.4 Å². The molecule has 0 radical (unpaired) electrons. The molecule has 7 heteroatoms. The second kappa shape index (κ2) is 7.99. The molecule has 118 valence electrons. The first kappa shape index (κ1) is 17.5. The van der Waals surface area contributed by atoms with Crippen LogP contribution in [0.5, 0.6) is 5.75 Å². The number of hydrogen-bond donors (Lipinski definition) is 2. The van der Waals surface area contributed by atoms with E-state index < -0.39 is 16.0 Å². The predicted octanol–water partition coefficient (Wildman–Crippen LogP) is 2.38. The molecule has 0 bridgehead atoms. The highest BCUT2D eigenvalue weighted by Crippen LogP contribution is 2.24. The largest absolute Gasteiger partial charge is 0.492 e. The Hall–Kier alpha value is -1.60. The maximum atomic E-state index is 11.5. The van der Waals surface area contributed by atoms with Crippen LogP contribution >= 0.6 is 0 Å². The van der Waals surface area contributed by atoms with E-state index >= 15 is 0 Å². The van der Waals surface area contributed by atoms with E-state index in [1.165, 1.54) is 12.1 Å². The number of unbranched alkanes of at least 4 members (excludes halogenated alkanes) is 4. The minimum Gasteiger partial charge on any atom is -0.492 e. The lowest BCUT2D eigenvalue weighted by Crippen LogP contribution is -2.15. The third kappa shape index (κ3) is 5.73. The molecule has 21 heavy (non-hydrogen) atoms. The molecular formula is C14H21NO5S. The number of ether oxygens (including phenoxy) is 1. The lowest BCUT2D eigenvalue weighted by molar-refractivity contribution is 0.0696. The van der Waals surface area contributed by atoms with Crippen LogP contribution < -0.4 is 9.88 Å². The van der Waals surface area contributed by atoms with Crippen LogP contribution in [0.25, 0.3) is 0 Å². The van der Waals surface area contributed by atoms with Gasteiger partial charge in [-0.05, 0) is 24.6 Å². The summed E-state index contributed by atoms with van der Waals surface area (Å²) in [5, 5.41) is 14.0. The summed E-state index contributed by atoms with van der Waals surface area (Å²) in [4.78, 5) is 10.6. The number of carbonyl (C=O) groups is 1. The number of benzene rings is 1. The van der Waals surface area contributed by atoms with Gasteiger partial charge in [-0.25, -0.2) is 18.4 Å². The number of hydrogen-bond acceptors (Lipinski definition) is 4. The summed E-state index contributed by atoms with van der Waals surface area (Å²) < 4.78 is 28.4. The topological polar surface area (TPSA) is 107 Å². The molecule has 1 aromatic rings. The Bertz CT molecular complexity index is 583. The molecule has 0 heterocycles. The monoisotopic (exact) mass is 315 g/mol. The van der Waals surface area contributed by atoms with Crippen LogP contribution in [0.3, 0.4) is 0 Å². The van der Waals surface area contributed by atoms with E-state index in [2.05, 4.69) is 6.92 Å². The SMILES string of the molecule is CCCCCCCOc1ccc(C(=O)O)cc1S(N)(=O)=O. The zero-order chi connectivity index (χ0) is 15.9. The Balaban J connectivity index is 2.75. The summed E-state index contributed by atoms with van der Waals surface area (Å²) in [6.07, 6.45) is 5.24. The maximum absolute atomic E-state index is 11.5. The van der Waals surface area contributed by atoms with Gasteiger partial charge in [0.25, 0.3) is 0 Å². The molecule has 0 saturated heterocycles. The molecule has 0 saturated carbocycles.